The number of nitrogens with zero attached hydrogens (tertiary/aromatic N) is 2. The molecule has 2 aliphatic heterocycles. The van der Waals surface area contributed by atoms with Gasteiger partial charge in [-0.05, 0) is 37.9 Å². The Morgan fingerprint density at radius 2 is 1.28 bits per heavy atom. The van der Waals surface area contributed by atoms with Crippen molar-refractivity contribution in [1.82, 2.24) is 31.1 Å². The highest BCUT2D eigenvalue weighted by molar-refractivity contribution is 7.80. The first-order valence-electron chi connectivity index (χ1n) is 14.9. The molecule has 0 aromatic heterocycles. The third-order valence-electron chi connectivity index (χ3n) is 6.93. The predicted molar refractivity (Wildman–Crippen MR) is 163 cm³/mol. The number of imide groups is 1. The van der Waals surface area contributed by atoms with Gasteiger partial charge in [-0.3, -0.25) is 38.5 Å². The highest BCUT2D eigenvalue weighted by Crippen LogP contribution is 2.07. The summed E-state index contributed by atoms with van der Waals surface area (Å²) in [4.78, 5) is 86.5. The van der Waals surface area contributed by atoms with Crippen LogP contribution in [0.25, 0.3) is 0 Å². The summed E-state index contributed by atoms with van der Waals surface area (Å²) in [6, 6.07) is -0.752. The average molecular weight is 621 g/mol. The van der Waals surface area contributed by atoms with Crippen molar-refractivity contribution < 1.29 is 33.6 Å². The Labute approximate surface area is 258 Å². The number of nitrogens with one attached hydrogen (secondary N) is 4. The summed E-state index contributed by atoms with van der Waals surface area (Å²) in [5.41, 5.74) is 0. The molecule has 0 aromatic rings. The van der Waals surface area contributed by atoms with Gasteiger partial charge in [0.2, 0.25) is 29.5 Å². The van der Waals surface area contributed by atoms with Gasteiger partial charge in [-0.25, -0.2) is 0 Å². The first-order valence-corrected chi connectivity index (χ1v) is 15.5. The molecule has 43 heavy (non-hydrogen) atoms. The summed E-state index contributed by atoms with van der Waals surface area (Å²) in [7, 11) is 0. The van der Waals surface area contributed by atoms with Crippen LogP contribution in [0.4, 0.5) is 0 Å². The quantitative estimate of drug-likeness (QED) is 0.0642. The topological polar surface area (TPSA) is 174 Å². The maximum absolute atomic E-state index is 12.9. The lowest BCUT2D eigenvalue weighted by Gasteiger charge is -2.20. The molecule has 2 heterocycles. The standard InChI is InChI=1S/C29H44N6O7S/c36-23(13-20-35-27(40)10-11-28(35)41)30-16-6-3-8-22(33-25(38)12-19-34-18-7-9-26(34)39)29(42)32-17-5-2-1-4-15-31-24(37)14-21-43/h7,9-11,22,43H,1-6,8,12-21H2,(H,30,36)(H,31,37)(H,32,42)(H,33,38)/t22-/m0/s1. The molecule has 0 saturated carbocycles. The van der Waals surface area contributed by atoms with E-state index in [1.54, 1.807) is 11.0 Å². The van der Waals surface area contributed by atoms with Crippen LogP contribution in [-0.2, 0) is 33.6 Å². The Kier molecular flexibility index (Phi) is 16.7. The molecule has 2 rings (SSSR count). The van der Waals surface area contributed by atoms with Crippen LogP contribution in [0.2, 0.25) is 0 Å². The minimum Gasteiger partial charge on any atom is -0.356 e. The third-order valence-corrected chi connectivity index (χ3v) is 7.15. The summed E-state index contributed by atoms with van der Waals surface area (Å²) in [5, 5.41) is 11.3. The van der Waals surface area contributed by atoms with E-state index in [9.17, 15) is 33.6 Å². The van der Waals surface area contributed by atoms with Crippen molar-refractivity contribution in [3.05, 3.63) is 24.3 Å². The van der Waals surface area contributed by atoms with Gasteiger partial charge in [-0.15, -0.1) is 0 Å². The number of carbonyl (C=O) groups is 7. The van der Waals surface area contributed by atoms with Crippen LogP contribution in [0.15, 0.2) is 24.3 Å². The SMILES string of the molecule is O=C(CCS)NCCCCCCNC(=O)[C@H](CCCCNC(=O)CCN1C(=O)C=CC1=O)NC(=O)CCN1CC=CC1=O. The highest BCUT2D eigenvalue weighted by atomic mass is 32.1. The fraction of sp³-hybridized carbons (Fsp3) is 0.621. The molecule has 0 spiro atoms. The number of hydrogen-bond donors (Lipinski definition) is 5. The summed E-state index contributed by atoms with van der Waals surface area (Å²) in [6.07, 6.45) is 10.9. The van der Waals surface area contributed by atoms with Crippen molar-refractivity contribution in [3.8, 4) is 0 Å². The van der Waals surface area contributed by atoms with Crippen LogP contribution in [-0.4, -0.2) is 102 Å². The molecule has 4 N–H and O–H groups in total. The summed E-state index contributed by atoms with van der Waals surface area (Å²) in [6.45, 7) is 2.15. The van der Waals surface area contributed by atoms with Crippen LogP contribution in [0, 0.1) is 0 Å². The van der Waals surface area contributed by atoms with E-state index in [2.05, 4.69) is 33.9 Å². The zero-order chi connectivity index (χ0) is 31.5. The Morgan fingerprint density at radius 3 is 1.88 bits per heavy atom. The molecule has 0 aliphatic carbocycles. The first kappa shape index (κ1) is 35.5. The van der Waals surface area contributed by atoms with E-state index in [4.69, 9.17) is 0 Å². The zero-order valence-electron chi connectivity index (χ0n) is 24.6. The fourth-order valence-corrected chi connectivity index (χ4v) is 4.66. The lowest BCUT2D eigenvalue weighted by molar-refractivity contribution is -0.137. The largest absolute Gasteiger partial charge is 0.356 e. The number of thiol groups is 1. The van der Waals surface area contributed by atoms with E-state index in [0.717, 1.165) is 30.6 Å². The molecule has 13 nitrogen and oxygen atoms in total. The van der Waals surface area contributed by atoms with Crippen molar-refractivity contribution in [2.24, 2.45) is 0 Å². The molecule has 0 bridgehead atoms. The normalized spacial score (nSPS) is 14.8. The molecule has 0 saturated heterocycles. The first-order chi connectivity index (χ1) is 20.7. The monoisotopic (exact) mass is 620 g/mol. The molecule has 7 amide bonds. The molecule has 238 valence electrons. The molecule has 0 radical (unpaired) electrons. The minimum atomic E-state index is -0.752. The summed E-state index contributed by atoms with van der Waals surface area (Å²) >= 11 is 4.03. The summed E-state index contributed by atoms with van der Waals surface area (Å²) in [5.74, 6) is -1.40. The van der Waals surface area contributed by atoms with Gasteiger partial charge in [0.15, 0.2) is 0 Å². The van der Waals surface area contributed by atoms with E-state index >= 15 is 0 Å². The van der Waals surface area contributed by atoms with E-state index < -0.39 is 17.9 Å². The minimum absolute atomic E-state index is 0.0000113. The molecular formula is C29H44N6O7S. The van der Waals surface area contributed by atoms with Crippen molar-refractivity contribution in [2.75, 3.05) is 45.0 Å². The average Bonchev–Trinajstić information content (AvgIpc) is 3.54. The molecular weight excluding hydrogens is 576 g/mol. The van der Waals surface area contributed by atoms with Gasteiger partial charge in [-0.2, -0.15) is 12.6 Å². The van der Waals surface area contributed by atoms with E-state index in [1.165, 1.54) is 18.2 Å². The number of unbranched alkanes of at least 4 members (excludes halogenated alkanes) is 4. The van der Waals surface area contributed by atoms with Crippen molar-refractivity contribution in [1.29, 1.82) is 0 Å². The smallest absolute Gasteiger partial charge is 0.253 e. The van der Waals surface area contributed by atoms with E-state index in [1.807, 2.05) is 0 Å². The fourth-order valence-electron chi connectivity index (χ4n) is 4.46. The van der Waals surface area contributed by atoms with E-state index in [0.29, 0.717) is 57.6 Å². The van der Waals surface area contributed by atoms with Gasteiger partial charge in [0.1, 0.15) is 6.04 Å². The lowest BCUT2D eigenvalue weighted by atomic mass is 10.1. The van der Waals surface area contributed by atoms with Crippen LogP contribution in [0.5, 0.6) is 0 Å². The van der Waals surface area contributed by atoms with Gasteiger partial charge in [0, 0.05) is 76.8 Å². The van der Waals surface area contributed by atoms with Crippen molar-refractivity contribution in [3.63, 3.8) is 0 Å². The van der Waals surface area contributed by atoms with Crippen LogP contribution >= 0.6 is 12.6 Å². The second-order valence-electron chi connectivity index (χ2n) is 10.3. The molecule has 0 aromatic carbocycles. The lowest BCUT2D eigenvalue weighted by Crippen LogP contribution is -2.47. The Hall–Kier alpha value is -3.68. The van der Waals surface area contributed by atoms with Crippen molar-refractivity contribution >= 4 is 54.0 Å². The van der Waals surface area contributed by atoms with Crippen molar-refractivity contribution in [2.45, 2.75) is 70.3 Å². The third kappa shape index (κ3) is 14.4. The molecule has 14 heteroatoms. The predicted octanol–water partition coefficient (Wildman–Crippen LogP) is -0.0260. The van der Waals surface area contributed by atoms with Crippen LogP contribution in [0.3, 0.4) is 0 Å². The number of hydrogen-bond acceptors (Lipinski definition) is 8. The van der Waals surface area contributed by atoms with Crippen LogP contribution in [0.1, 0.15) is 64.2 Å². The maximum Gasteiger partial charge on any atom is 0.253 e. The number of rotatable bonds is 22. The van der Waals surface area contributed by atoms with Gasteiger partial charge >= 0.3 is 0 Å². The van der Waals surface area contributed by atoms with Crippen LogP contribution < -0.4 is 21.3 Å². The second kappa shape index (κ2) is 20.3. The second-order valence-corrected chi connectivity index (χ2v) is 10.8. The summed E-state index contributed by atoms with van der Waals surface area (Å²) < 4.78 is 0. The Morgan fingerprint density at radius 1 is 0.698 bits per heavy atom. The maximum atomic E-state index is 12.9. The number of amides is 7. The molecule has 0 unspecified atom stereocenters. The van der Waals surface area contributed by atoms with Gasteiger partial charge in [0.05, 0.1) is 0 Å². The van der Waals surface area contributed by atoms with Gasteiger partial charge < -0.3 is 26.2 Å². The molecule has 1 atom stereocenters. The van der Waals surface area contributed by atoms with Gasteiger partial charge in [-0.1, -0.05) is 18.9 Å². The van der Waals surface area contributed by atoms with E-state index in [-0.39, 0.29) is 55.5 Å². The number of carbonyl (C=O) groups excluding carboxylic acids is 7. The Bertz CT molecular complexity index is 1050. The molecule has 2 aliphatic rings. The molecule has 0 fully saturated rings. The highest BCUT2D eigenvalue weighted by Gasteiger charge is 2.24. The van der Waals surface area contributed by atoms with Gasteiger partial charge in [0.25, 0.3) is 11.8 Å². The zero-order valence-corrected chi connectivity index (χ0v) is 25.5. The Balaban J connectivity index is 1.69.